The Hall–Kier alpha value is -1.94. The summed E-state index contributed by atoms with van der Waals surface area (Å²) in [5.41, 5.74) is 0. The van der Waals surface area contributed by atoms with Gasteiger partial charge in [-0.25, -0.2) is 9.13 Å². The summed E-state index contributed by atoms with van der Waals surface area (Å²) in [6.07, 6.45) is 63.9. The number of carbonyl (C=O) groups is 4. The van der Waals surface area contributed by atoms with Gasteiger partial charge in [-0.2, -0.15) is 0 Å². The van der Waals surface area contributed by atoms with E-state index in [4.69, 9.17) is 37.0 Å². The van der Waals surface area contributed by atoms with E-state index in [2.05, 4.69) is 55.4 Å². The molecule has 0 aromatic rings. The molecule has 105 heavy (non-hydrogen) atoms. The van der Waals surface area contributed by atoms with Crippen molar-refractivity contribution >= 4 is 39.5 Å². The van der Waals surface area contributed by atoms with Crippen molar-refractivity contribution in [3.63, 3.8) is 0 Å². The van der Waals surface area contributed by atoms with E-state index < -0.39 is 97.5 Å². The van der Waals surface area contributed by atoms with Gasteiger partial charge in [0.05, 0.1) is 26.4 Å². The monoisotopic (exact) mass is 1540 g/mol. The van der Waals surface area contributed by atoms with Gasteiger partial charge in [-0.15, -0.1) is 0 Å². The molecule has 624 valence electrons. The molecule has 3 N–H and O–H groups in total. The fourth-order valence-electron chi connectivity index (χ4n) is 13.3. The molecular weight excluding hydrogens is 1370 g/mol. The lowest BCUT2D eigenvalue weighted by Gasteiger charge is -2.21. The van der Waals surface area contributed by atoms with Crippen molar-refractivity contribution in [2.45, 2.75) is 465 Å². The second-order valence-electron chi connectivity index (χ2n) is 32.4. The van der Waals surface area contributed by atoms with Crippen LogP contribution in [0.25, 0.3) is 0 Å². The van der Waals surface area contributed by atoms with Crippen LogP contribution in [-0.4, -0.2) is 96.7 Å². The molecule has 7 atom stereocenters. The van der Waals surface area contributed by atoms with Gasteiger partial charge in [-0.3, -0.25) is 37.3 Å². The SMILES string of the molecule is CCC(C)CCCCCCCCCCCCCCCCCCCCC(=O)O[C@H](COC(=O)CCCCCCCCCCCCCCC(C)C)COP(=O)(O)OCC(O)COP(=O)(O)OC[C@@H](COC(=O)CCCCCCCCCC(C)C)OC(=O)CCCCCCCCCCCCCCCCC(C)CC. The first kappa shape index (κ1) is 103. The summed E-state index contributed by atoms with van der Waals surface area (Å²) in [5, 5.41) is 10.7. The topological polar surface area (TPSA) is 237 Å². The molecule has 0 aromatic carbocycles. The van der Waals surface area contributed by atoms with Crippen LogP contribution in [0, 0.1) is 23.7 Å². The highest BCUT2D eigenvalue weighted by molar-refractivity contribution is 7.47. The zero-order valence-corrected chi connectivity index (χ0v) is 71.2. The first-order chi connectivity index (χ1) is 50.7. The summed E-state index contributed by atoms with van der Waals surface area (Å²) in [4.78, 5) is 73.2. The molecule has 0 aliphatic carbocycles. The van der Waals surface area contributed by atoms with E-state index in [-0.39, 0.29) is 25.7 Å². The zero-order valence-electron chi connectivity index (χ0n) is 69.4. The van der Waals surface area contributed by atoms with Crippen molar-refractivity contribution < 1.29 is 80.2 Å². The van der Waals surface area contributed by atoms with Crippen molar-refractivity contribution in [2.24, 2.45) is 23.7 Å². The van der Waals surface area contributed by atoms with Crippen LogP contribution in [0.3, 0.4) is 0 Å². The summed E-state index contributed by atoms with van der Waals surface area (Å²) in [6, 6.07) is 0. The van der Waals surface area contributed by atoms with Crippen molar-refractivity contribution in [2.75, 3.05) is 39.6 Å². The molecule has 0 aliphatic rings. The van der Waals surface area contributed by atoms with E-state index in [0.717, 1.165) is 114 Å². The molecule has 0 saturated carbocycles. The van der Waals surface area contributed by atoms with E-state index >= 15 is 0 Å². The minimum absolute atomic E-state index is 0.107. The fraction of sp³-hybridized carbons (Fsp3) is 0.953. The number of esters is 4. The third kappa shape index (κ3) is 77.2. The average molecular weight is 1540 g/mol. The quantitative estimate of drug-likeness (QED) is 0.0222. The number of unbranched alkanes of at least 4 members (excludes halogenated alkanes) is 47. The van der Waals surface area contributed by atoms with Crippen LogP contribution in [0.1, 0.15) is 447 Å². The number of ether oxygens (including phenoxy) is 4. The van der Waals surface area contributed by atoms with Gasteiger partial charge in [0.15, 0.2) is 12.2 Å². The molecular formula is C86H168O17P2. The number of carbonyl (C=O) groups excluding carboxylic acids is 4. The number of phosphoric acid groups is 2. The van der Waals surface area contributed by atoms with Crippen LogP contribution in [0.5, 0.6) is 0 Å². The Morgan fingerprint density at radius 2 is 0.457 bits per heavy atom. The zero-order chi connectivity index (χ0) is 77.4. The molecule has 0 fully saturated rings. The van der Waals surface area contributed by atoms with Crippen molar-refractivity contribution in [3.05, 3.63) is 0 Å². The van der Waals surface area contributed by atoms with Crippen LogP contribution >= 0.6 is 15.6 Å². The van der Waals surface area contributed by atoms with Crippen LogP contribution in [-0.2, 0) is 65.4 Å². The van der Waals surface area contributed by atoms with Gasteiger partial charge in [0.2, 0.25) is 0 Å². The van der Waals surface area contributed by atoms with E-state index in [1.165, 1.54) is 244 Å². The Labute approximate surface area is 645 Å². The van der Waals surface area contributed by atoms with Gasteiger partial charge in [0.1, 0.15) is 19.3 Å². The Morgan fingerprint density at radius 1 is 0.267 bits per heavy atom. The predicted molar refractivity (Wildman–Crippen MR) is 432 cm³/mol. The Balaban J connectivity index is 5.22. The van der Waals surface area contributed by atoms with Crippen molar-refractivity contribution in [1.29, 1.82) is 0 Å². The number of aliphatic hydroxyl groups excluding tert-OH is 1. The predicted octanol–water partition coefficient (Wildman–Crippen LogP) is 25.9. The molecule has 0 amide bonds. The van der Waals surface area contributed by atoms with Crippen LogP contribution in [0.15, 0.2) is 0 Å². The summed E-state index contributed by atoms with van der Waals surface area (Å²) in [6.45, 7) is 14.4. The maximum Gasteiger partial charge on any atom is 0.472 e. The number of hydrogen-bond acceptors (Lipinski definition) is 15. The molecule has 17 nitrogen and oxygen atoms in total. The minimum atomic E-state index is -4.97. The Bertz CT molecular complexity index is 2050. The van der Waals surface area contributed by atoms with Gasteiger partial charge in [0.25, 0.3) is 0 Å². The Morgan fingerprint density at radius 3 is 0.676 bits per heavy atom. The third-order valence-corrected chi connectivity index (χ3v) is 22.7. The van der Waals surface area contributed by atoms with Crippen LogP contribution in [0.2, 0.25) is 0 Å². The first-order valence-corrected chi connectivity index (χ1v) is 47.3. The molecule has 0 aliphatic heterocycles. The largest absolute Gasteiger partial charge is 0.472 e. The van der Waals surface area contributed by atoms with E-state index in [9.17, 15) is 43.2 Å². The highest BCUT2D eigenvalue weighted by Crippen LogP contribution is 2.45. The van der Waals surface area contributed by atoms with E-state index in [1.54, 1.807) is 0 Å². The first-order valence-electron chi connectivity index (χ1n) is 44.3. The lowest BCUT2D eigenvalue weighted by atomic mass is 9.99. The number of rotatable bonds is 83. The molecule has 0 spiro atoms. The summed E-state index contributed by atoms with van der Waals surface area (Å²) in [7, 11) is -9.93. The molecule has 0 heterocycles. The van der Waals surface area contributed by atoms with Crippen LogP contribution in [0.4, 0.5) is 0 Å². The highest BCUT2D eigenvalue weighted by atomic mass is 31.2. The maximum absolute atomic E-state index is 13.1. The van der Waals surface area contributed by atoms with E-state index in [0.29, 0.717) is 31.6 Å². The second-order valence-corrected chi connectivity index (χ2v) is 35.3. The maximum atomic E-state index is 13.1. The fourth-order valence-corrected chi connectivity index (χ4v) is 14.8. The minimum Gasteiger partial charge on any atom is -0.462 e. The second kappa shape index (κ2) is 74.8. The van der Waals surface area contributed by atoms with E-state index in [1.807, 2.05) is 0 Å². The lowest BCUT2D eigenvalue weighted by molar-refractivity contribution is -0.161. The van der Waals surface area contributed by atoms with Crippen LogP contribution < -0.4 is 0 Å². The number of hydrogen-bond donors (Lipinski definition) is 3. The molecule has 0 rings (SSSR count). The number of aliphatic hydroxyl groups is 1. The van der Waals surface area contributed by atoms with Crippen molar-refractivity contribution in [3.8, 4) is 0 Å². The number of phosphoric ester groups is 2. The van der Waals surface area contributed by atoms with Gasteiger partial charge >= 0.3 is 39.5 Å². The smallest absolute Gasteiger partial charge is 0.462 e. The average Bonchev–Trinajstić information content (AvgIpc) is 0.953. The van der Waals surface area contributed by atoms with Gasteiger partial charge in [-0.1, -0.05) is 396 Å². The summed E-state index contributed by atoms with van der Waals surface area (Å²) in [5.74, 6) is 1.09. The molecule has 0 bridgehead atoms. The van der Waals surface area contributed by atoms with Gasteiger partial charge in [-0.05, 0) is 49.4 Å². The summed E-state index contributed by atoms with van der Waals surface area (Å²) >= 11 is 0. The lowest BCUT2D eigenvalue weighted by Crippen LogP contribution is -2.30. The Kier molecular flexibility index (Phi) is 73.4. The summed E-state index contributed by atoms with van der Waals surface area (Å²) < 4.78 is 68.9. The third-order valence-electron chi connectivity index (χ3n) is 20.8. The normalized spacial score (nSPS) is 14.4. The molecule has 19 heteroatoms. The molecule has 5 unspecified atom stereocenters. The molecule has 0 aromatic heterocycles. The van der Waals surface area contributed by atoms with Crippen molar-refractivity contribution in [1.82, 2.24) is 0 Å². The standard InChI is InChI=1S/C86H168O17P2/c1-9-78(7)64-56-48-40-32-26-19-15-13-11-12-14-16-21-29-35-43-52-60-68-85(90)102-81(72-96-83(88)66-58-50-42-34-28-24-23-25-31-38-46-54-62-76(3)4)74-100-104(92,93)98-70-80(87)71-99-105(94,95)101-75-82(73-97-84(89)67-59-51-45-37-39-47-55-63-77(5)6)103-86(91)69-61-53-44-36-30-22-18-17-20-27-33-41-49-57-65-79(8)10-2/h76-82,87H,9-75H2,1-8H3,(H,92,93)(H,94,95)/t78?,79?,80?,81-,82-/m1/s1. The highest BCUT2D eigenvalue weighted by Gasteiger charge is 2.31. The molecule has 0 radical (unpaired) electrons. The molecule has 0 saturated heterocycles. The van der Waals surface area contributed by atoms with Gasteiger partial charge < -0.3 is 33.8 Å². The van der Waals surface area contributed by atoms with Gasteiger partial charge in [0, 0.05) is 25.7 Å².